The molecule has 1 fully saturated rings. The number of likely N-dealkylation sites (tertiary alicyclic amines) is 1. The molecule has 0 aliphatic carbocycles. The molecule has 0 amide bonds. The molecule has 2 heterocycles. The number of ether oxygens (including phenoxy) is 1. The Balaban J connectivity index is 0.00000320. The highest BCUT2D eigenvalue weighted by Crippen LogP contribution is 2.19. The summed E-state index contributed by atoms with van der Waals surface area (Å²) in [6.07, 6.45) is 6.42. The number of aromatic nitrogens is 2. The van der Waals surface area contributed by atoms with E-state index in [9.17, 15) is 4.79 Å². The van der Waals surface area contributed by atoms with Gasteiger partial charge in [0, 0.05) is 32.4 Å². The number of carbonyl (C=O) groups excluding carboxylic acids is 1. The zero-order valence-corrected chi connectivity index (χ0v) is 20.1. The van der Waals surface area contributed by atoms with Crippen LogP contribution in [0.1, 0.15) is 32.3 Å². The van der Waals surface area contributed by atoms with E-state index < -0.39 is 0 Å². The zero-order chi connectivity index (χ0) is 20.5. The van der Waals surface area contributed by atoms with Crippen molar-refractivity contribution in [2.24, 2.45) is 10.9 Å². The number of esters is 1. The standard InChI is InChI=1S/C22H31N5O2.HI/c1-3-23-22(26-14-11-19(12-15-26)21(28)29-4-2)24-13-10-18-16-25-27(17-18)20-8-6-5-7-9-20;/h5-9,16-17,19H,3-4,10-15H2,1-2H3,(H,23,24);1H. The zero-order valence-electron chi connectivity index (χ0n) is 17.8. The van der Waals surface area contributed by atoms with Crippen LogP contribution in [0.4, 0.5) is 0 Å². The first-order valence-corrected chi connectivity index (χ1v) is 10.5. The monoisotopic (exact) mass is 525 g/mol. The molecule has 1 aliphatic rings. The number of halogens is 1. The lowest BCUT2D eigenvalue weighted by molar-refractivity contribution is -0.149. The van der Waals surface area contributed by atoms with Crippen LogP contribution in [0, 0.1) is 5.92 Å². The molecular weight excluding hydrogens is 493 g/mol. The Bertz CT molecular complexity index is 801. The average Bonchev–Trinajstić information content (AvgIpc) is 3.23. The second kappa shape index (κ2) is 12.6. The van der Waals surface area contributed by atoms with E-state index in [-0.39, 0.29) is 35.9 Å². The molecule has 1 aromatic heterocycles. The van der Waals surface area contributed by atoms with Gasteiger partial charge in [-0.2, -0.15) is 5.10 Å². The number of hydrogen-bond acceptors (Lipinski definition) is 4. The van der Waals surface area contributed by atoms with Gasteiger partial charge in [-0.15, -0.1) is 24.0 Å². The lowest BCUT2D eigenvalue weighted by atomic mass is 9.97. The highest BCUT2D eigenvalue weighted by atomic mass is 127. The molecule has 2 aromatic rings. The quantitative estimate of drug-likeness (QED) is 0.260. The Morgan fingerprint density at radius 1 is 1.23 bits per heavy atom. The summed E-state index contributed by atoms with van der Waals surface area (Å²) >= 11 is 0. The topological polar surface area (TPSA) is 71.8 Å². The molecule has 0 spiro atoms. The van der Waals surface area contributed by atoms with Gasteiger partial charge in [0.25, 0.3) is 0 Å². The summed E-state index contributed by atoms with van der Waals surface area (Å²) in [4.78, 5) is 19.0. The summed E-state index contributed by atoms with van der Waals surface area (Å²) in [5.74, 6) is 0.868. The van der Waals surface area contributed by atoms with E-state index in [4.69, 9.17) is 9.73 Å². The lowest BCUT2D eigenvalue weighted by Crippen LogP contribution is -2.46. The Morgan fingerprint density at radius 2 is 1.97 bits per heavy atom. The molecule has 0 atom stereocenters. The van der Waals surface area contributed by atoms with Gasteiger partial charge in [0.1, 0.15) is 0 Å². The Hall–Kier alpha value is -2.10. The van der Waals surface area contributed by atoms with Crippen LogP contribution in [-0.2, 0) is 16.0 Å². The summed E-state index contributed by atoms with van der Waals surface area (Å²) < 4.78 is 7.05. The van der Waals surface area contributed by atoms with Crippen LogP contribution < -0.4 is 5.32 Å². The van der Waals surface area contributed by atoms with Gasteiger partial charge in [-0.1, -0.05) is 18.2 Å². The number of para-hydroxylation sites is 1. The fourth-order valence-corrected chi connectivity index (χ4v) is 3.51. The molecule has 1 saturated heterocycles. The van der Waals surface area contributed by atoms with Gasteiger partial charge >= 0.3 is 5.97 Å². The first-order chi connectivity index (χ1) is 14.2. The van der Waals surface area contributed by atoms with Gasteiger partial charge in [0.05, 0.1) is 24.4 Å². The van der Waals surface area contributed by atoms with Crippen molar-refractivity contribution >= 4 is 35.9 Å². The Morgan fingerprint density at radius 3 is 2.63 bits per heavy atom. The summed E-state index contributed by atoms with van der Waals surface area (Å²) in [6, 6.07) is 10.1. The number of piperidine rings is 1. The molecule has 1 aliphatic heterocycles. The highest BCUT2D eigenvalue weighted by Gasteiger charge is 2.27. The van der Waals surface area contributed by atoms with E-state index in [0.717, 1.165) is 56.1 Å². The number of hydrogen-bond donors (Lipinski definition) is 1. The Kier molecular flexibility index (Phi) is 10.1. The van der Waals surface area contributed by atoms with E-state index in [2.05, 4.69) is 28.4 Å². The molecule has 30 heavy (non-hydrogen) atoms. The molecule has 164 valence electrons. The van der Waals surface area contributed by atoms with Crippen molar-refractivity contribution in [3.63, 3.8) is 0 Å². The number of benzene rings is 1. The fraction of sp³-hybridized carbons (Fsp3) is 0.500. The maximum atomic E-state index is 11.9. The molecule has 1 N–H and O–H groups in total. The van der Waals surface area contributed by atoms with Gasteiger partial charge < -0.3 is 15.0 Å². The second-order valence-electron chi connectivity index (χ2n) is 7.13. The lowest BCUT2D eigenvalue weighted by Gasteiger charge is -2.33. The number of carbonyl (C=O) groups is 1. The summed E-state index contributed by atoms with van der Waals surface area (Å²) in [5, 5.41) is 7.83. The fourth-order valence-electron chi connectivity index (χ4n) is 3.51. The third kappa shape index (κ3) is 6.72. The van der Waals surface area contributed by atoms with E-state index in [0.29, 0.717) is 13.2 Å². The summed E-state index contributed by atoms with van der Waals surface area (Å²) in [7, 11) is 0. The van der Waals surface area contributed by atoms with Crippen LogP contribution in [-0.4, -0.2) is 59.4 Å². The SMILES string of the molecule is CCNC(=NCCc1cnn(-c2ccccc2)c1)N1CCC(C(=O)OCC)CC1.I. The minimum atomic E-state index is -0.0653. The second-order valence-corrected chi connectivity index (χ2v) is 7.13. The smallest absolute Gasteiger partial charge is 0.309 e. The van der Waals surface area contributed by atoms with Gasteiger partial charge in [-0.25, -0.2) is 4.68 Å². The van der Waals surface area contributed by atoms with E-state index in [1.165, 1.54) is 0 Å². The molecule has 1 aromatic carbocycles. The van der Waals surface area contributed by atoms with Crippen molar-refractivity contribution in [2.75, 3.05) is 32.8 Å². The maximum Gasteiger partial charge on any atom is 0.309 e. The normalized spacial score (nSPS) is 14.9. The highest BCUT2D eigenvalue weighted by molar-refractivity contribution is 14.0. The third-order valence-corrected chi connectivity index (χ3v) is 5.07. The van der Waals surface area contributed by atoms with Crippen molar-refractivity contribution < 1.29 is 9.53 Å². The van der Waals surface area contributed by atoms with Crippen molar-refractivity contribution in [2.45, 2.75) is 33.1 Å². The minimum absolute atomic E-state index is 0. The molecule has 0 saturated carbocycles. The van der Waals surface area contributed by atoms with E-state index >= 15 is 0 Å². The summed E-state index contributed by atoms with van der Waals surface area (Å²) in [5.41, 5.74) is 2.22. The molecule has 0 bridgehead atoms. The van der Waals surface area contributed by atoms with E-state index in [1.807, 2.05) is 48.1 Å². The van der Waals surface area contributed by atoms with Gasteiger partial charge in [0.2, 0.25) is 0 Å². The minimum Gasteiger partial charge on any atom is -0.466 e. The average molecular weight is 525 g/mol. The van der Waals surface area contributed by atoms with Gasteiger partial charge in [-0.3, -0.25) is 9.79 Å². The van der Waals surface area contributed by atoms with Crippen LogP contribution in [0.5, 0.6) is 0 Å². The molecule has 3 rings (SSSR count). The largest absolute Gasteiger partial charge is 0.466 e. The molecule has 0 unspecified atom stereocenters. The van der Waals surface area contributed by atoms with Crippen molar-refractivity contribution in [1.82, 2.24) is 20.0 Å². The predicted octanol–water partition coefficient (Wildman–Crippen LogP) is 3.27. The number of guanidine groups is 1. The molecule has 7 nitrogen and oxygen atoms in total. The maximum absolute atomic E-state index is 11.9. The van der Waals surface area contributed by atoms with Gasteiger partial charge in [-0.05, 0) is 50.8 Å². The van der Waals surface area contributed by atoms with Crippen LogP contribution in [0.3, 0.4) is 0 Å². The van der Waals surface area contributed by atoms with Crippen LogP contribution >= 0.6 is 24.0 Å². The molecule has 8 heteroatoms. The molecular formula is C22H32IN5O2. The Labute approximate surface area is 195 Å². The third-order valence-electron chi connectivity index (χ3n) is 5.07. The van der Waals surface area contributed by atoms with Crippen LogP contribution in [0.15, 0.2) is 47.7 Å². The number of nitrogens with one attached hydrogen (secondary N) is 1. The van der Waals surface area contributed by atoms with Crippen LogP contribution in [0.25, 0.3) is 5.69 Å². The van der Waals surface area contributed by atoms with Crippen molar-refractivity contribution in [3.8, 4) is 5.69 Å². The van der Waals surface area contributed by atoms with Crippen LogP contribution in [0.2, 0.25) is 0 Å². The van der Waals surface area contributed by atoms with Gasteiger partial charge in [0.15, 0.2) is 5.96 Å². The number of nitrogens with zero attached hydrogens (tertiary/aromatic N) is 4. The van der Waals surface area contributed by atoms with Crippen molar-refractivity contribution in [3.05, 3.63) is 48.3 Å². The first kappa shape index (κ1) is 24.2. The van der Waals surface area contributed by atoms with E-state index in [1.54, 1.807) is 0 Å². The number of aliphatic imine (C=N–C) groups is 1. The first-order valence-electron chi connectivity index (χ1n) is 10.5. The predicted molar refractivity (Wildman–Crippen MR) is 130 cm³/mol. The van der Waals surface area contributed by atoms with Crippen molar-refractivity contribution in [1.29, 1.82) is 0 Å². The summed E-state index contributed by atoms with van der Waals surface area (Å²) in [6.45, 7) is 7.53. The number of rotatable bonds is 7. The molecule has 0 radical (unpaired) electrons.